The monoisotopic (exact) mass is 509 g/mol. The molecular weight excluding hydrogens is 481 g/mol. The van der Waals surface area contributed by atoms with Gasteiger partial charge in [0.05, 0.1) is 18.2 Å². The molecule has 1 unspecified atom stereocenters. The normalized spacial score (nSPS) is 17.3. The number of nitrogens with two attached hydrogens (primary N) is 1. The van der Waals surface area contributed by atoms with Gasteiger partial charge >= 0.3 is 0 Å². The maximum Gasteiger partial charge on any atom is 0.239 e. The van der Waals surface area contributed by atoms with Gasteiger partial charge in [0.1, 0.15) is 5.75 Å². The van der Waals surface area contributed by atoms with Crippen LogP contribution in [0.15, 0.2) is 23.2 Å². The molecule has 1 saturated heterocycles. The minimum absolute atomic E-state index is 0. The van der Waals surface area contributed by atoms with Gasteiger partial charge < -0.3 is 20.7 Å². The zero-order valence-electron chi connectivity index (χ0n) is 16.1. The van der Waals surface area contributed by atoms with Crippen molar-refractivity contribution in [1.29, 1.82) is 0 Å². The molecule has 1 fully saturated rings. The first-order valence-electron chi connectivity index (χ1n) is 8.78. The summed E-state index contributed by atoms with van der Waals surface area (Å²) in [6, 6.07) is 5.35. The molecule has 1 aliphatic heterocycles. The predicted octanol–water partition coefficient (Wildman–Crippen LogP) is 2.64. The molecular formula is C18H29ClIN5O2. The van der Waals surface area contributed by atoms with Crippen molar-refractivity contribution in [1.82, 2.24) is 9.80 Å². The van der Waals surface area contributed by atoms with Gasteiger partial charge in [0, 0.05) is 32.9 Å². The number of halogens is 2. The van der Waals surface area contributed by atoms with Crippen molar-refractivity contribution in [2.45, 2.75) is 25.3 Å². The molecule has 27 heavy (non-hydrogen) atoms. The lowest BCUT2D eigenvalue weighted by Crippen LogP contribution is -2.43. The van der Waals surface area contributed by atoms with Crippen LogP contribution < -0.4 is 15.8 Å². The zero-order chi connectivity index (χ0) is 19.1. The number of likely N-dealkylation sites (N-methyl/N-ethyl adjacent to an activating group) is 1. The number of anilines is 1. The van der Waals surface area contributed by atoms with Gasteiger partial charge in [0.25, 0.3) is 0 Å². The summed E-state index contributed by atoms with van der Waals surface area (Å²) in [7, 11) is 5.18. The largest absolute Gasteiger partial charge is 0.495 e. The summed E-state index contributed by atoms with van der Waals surface area (Å²) in [4.78, 5) is 20.4. The lowest BCUT2D eigenvalue weighted by molar-refractivity contribution is -0.133. The van der Waals surface area contributed by atoms with Crippen molar-refractivity contribution in [2.24, 2.45) is 10.7 Å². The number of likely N-dealkylation sites (tertiary alicyclic amines) is 1. The van der Waals surface area contributed by atoms with Gasteiger partial charge in [-0.15, -0.1) is 24.0 Å². The highest BCUT2D eigenvalue weighted by molar-refractivity contribution is 14.0. The standard InChI is InChI=1S/C18H28ClN5O2.HI/c1-23(2)17(25)15-6-4-10-24(15)11-5-9-21-18(20)22-13-7-8-16(26-3)14(19)12-13;/h7-8,12,15H,4-6,9-11H2,1-3H3,(H3,20,21,22);1H. The Balaban J connectivity index is 0.00000364. The van der Waals surface area contributed by atoms with E-state index >= 15 is 0 Å². The van der Waals surface area contributed by atoms with E-state index in [0.29, 0.717) is 23.3 Å². The Bertz CT molecular complexity index is 657. The summed E-state index contributed by atoms with van der Waals surface area (Å²) in [6.07, 6.45) is 2.85. The number of hydrogen-bond acceptors (Lipinski definition) is 4. The van der Waals surface area contributed by atoms with Crippen molar-refractivity contribution in [3.63, 3.8) is 0 Å². The molecule has 0 bridgehead atoms. The molecule has 7 nitrogen and oxygen atoms in total. The van der Waals surface area contributed by atoms with Crippen LogP contribution in [-0.4, -0.2) is 68.5 Å². The number of guanidine groups is 1. The highest BCUT2D eigenvalue weighted by Gasteiger charge is 2.30. The number of nitrogens with zero attached hydrogens (tertiary/aromatic N) is 3. The third-order valence-electron chi connectivity index (χ3n) is 4.40. The fourth-order valence-corrected chi connectivity index (χ4v) is 3.33. The Labute approximate surface area is 183 Å². The molecule has 0 spiro atoms. The van der Waals surface area contributed by atoms with Crippen LogP contribution in [0.5, 0.6) is 5.75 Å². The molecule has 1 aromatic carbocycles. The molecule has 0 radical (unpaired) electrons. The molecule has 0 aromatic heterocycles. The summed E-state index contributed by atoms with van der Waals surface area (Å²) in [5, 5.41) is 3.53. The number of carbonyl (C=O) groups is 1. The van der Waals surface area contributed by atoms with Crippen molar-refractivity contribution < 1.29 is 9.53 Å². The quantitative estimate of drug-likeness (QED) is 0.256. The van der Waals surface area contributed by atoms with Gasteiger partial charge in [-0.3, -0.25) is 14.7 Å². The maximum atomic E-state index is 12.2. The predicted molar refractivity (Wildman–Crippen MR) is 121 cm³/mol. The van der Waals surface area contributed by atoms with E-state index in [1.54, 1.807) is 38.2 Å². The molecule has 1 heterocycles. The van der Waals surface area contributed by atoms with Crippen LogP contribution in [0.4, 0.5) is 5.69 Å². The second kappa shape index (κ2) is 11.6. The van der Waals surface area contributed by atoms with Crippen molar-refractivity contribution in [3.05, 3.63) is 23.2 Å². The number of benzene rings is 1. The van der Waals surface area contributed by atoms with Crippen LogP contribution >= 0.6 is 35.6 Å². The van der Waals surface area contributed by atoms with Crippen molar-refractivity contribution in [3.8, 4) is 5.75 Å². The van der Waals surface area contributed by atoms with Gasteiger partial charge in [0.2, 0.25) is 5.91 Å². The van der Waals surface area contributed by atoms with Crippen LogP contribution in [0, 0.1) is 0 Å². The minimum atomic E-state index is 0. The van der Waals surface area contributed by atoms with Gasteiger partial charge in [-0.05, 0) is 44.0 Å². The SMILES string of the molecule is COc1ccc(NC(N)=NCCCN2CCCC2C(=O)N(C)C)cc1Cl.I. The average molecular weight is 510 g/mol. The van der Waals surface area contributed by atoms with Crippen molar-refractivity contribution in [2.75, 3.05) is 46.2 Å². The number of carbonyl (C=O) groups excluding carboxylic acids is 1. The second-order valence-corrected chi connectivity index (χ2v) is 6.93. The van der Waals surface area contributed by atoms with Crippen LogP contribution in [0.2, 0.25) is 5.02 Å². The Kier molecular flexibility index (Phi) is 10.2. The first-order valence-corrected chi connectivity index (χ1v) is 9.16. The second-order valence-electron chi connectivity index (χ2n) is 6.52. The zero-order valence-corrected chi connectivity index (χ0v) is 19.2. The van der Waals surface area contributed by atoms with Gasteiger partial charge in [-0.1, -0.05) is 11.6 Å². The number of methoxy groups -OCH3 is 1. The van der Waals surface area contributed by atoms with E-state index in [4.69, 9.17) is 22.1 Å². The Morgan fingerprint density at radius 3 is 2.85 bits per heavy atom. The number of ether oxygens (including phenoxy) is 1. The molecule has 9 heteroatoms. The minimum Gasteiger partial charge on any atom is -0.495 e. The fourth-order valence-electron chi connectivity index (χ4n) is 3.08. The first-order chi connectivity index (χ1) is 12.4. The summed E-state index contributed by atoms with van der Waals surface area (Å²) < 4.78 is 5.12. The Morgan fingerprint density at radius 2 is 2.22 bits per heavy atom. The van der Waals surface area contributed by atoms with E-state index < -0.39 is 0 Å². The third-order valence-corrected chi connectivity index (χ3v) is 4.69. The van der Waals surface area contributed by atoms with Crippen LogP contribution in [0.3, 0.4) is 0 Å². The van der Waals surface area contributed by atoms with E-state index in [9.17, 15) is 4.79 Å². The molecule has 3 N–H and O–H groups in total. The summed E-state index contributed by atoms with van der Waals surface area (Å²) in [5.41, 5.74) is 6.68. The van der Waals surface area contributed by atoms with Crippen molar-refractivity contribution >= 4 is 53.1 Å². The van der Waals surface area contributed by atoms with Crippen LogP contribution in [-0.2, 0) is 4.79 Å². The number of hydrogen-bond donors (Lipinski definition) is 2. The summed E-state index contributed by atoms with van der Waals surface area (Å²) >= 11 is 6.09. The third kappa shape index (κ3) is 7.00. The lowest BCUT2D eigenvalue weighted by Gasteiger charge is -2.25. The maximum absolute atomic E-state index is 12.2. The molecule has 1 aliphatic rings. The highest BCUT2D eigenvalue weighted by Crippen LogP contribution is 2.27. The smallest absolute Gasteiger partial charge is 0.239 e. The summed E-state index contributed by atoms with van der Waals surface area (Å²) in [5.74, 6) is 1.14. The topological polar surface area (TPSA) is 83.2 Å². The molecule has 0 aliphatic carbocycles. The van der Waals surface area contributed by atoms with E-state index in [-0.39, 0.29) is 35.9 Å². The molecule has 2 rings (SSSR count). The number of amides is 1. The number of nitrogens with one attached hydrogen (secondary N) is 1. The van der Waals surface area contributed by atoms with E-state index in [0.717, 1.165) is 38.0 Å². The molecule has 1 aromatic rings. The molecule has 0 saturated carbocycles. The van der Waals surface area contributed by atoms with E-state index in [1.165, 1.54) is 0 Å². The molecule has 1 amide bonds. The summed E-state index contributed by atoms with van der Waals surface area (Å²) in [6.45, 7) is 2.41. The fraction of sp³-hybridized carbons (Fsp3) is 0.556. The van der Waals surface area contributed by atoms with Crippen LogP contribution in [0.1, 0.15) is 19.3 Å². The Hall–Kier alpha value is -1.26. The number of rotatable bonds is 7. The van der Waals surface area contributed by atoms with E-state index in [1.807, 2.05) is 6.07 Å². The van der Waals surface area contributed by atoms with Crippen LogP contribution in [0.25, 0.3) is 0 Å². The first kappa shape index (κ1) is 23.8. The molecule has 152 valence electrons. The number of aliphatic imine (C=N–C) groups is 1. The van der Waals surface area contributed by atoms with Gasteiger partial charge in [-0.2, -0.15) is 0 Å². The average Bonchev–Trinajstić information content (AvgIpc) is 3.06. The van der Waals surface area contributed by atoms with Gasteiger partial charge in [0.15, 0.2) is 5.96 Å². The van der Waals surface area contributed by atoms with Gasteiger partial charge in [-0.25, -0.2) is 0 Å². The lowest BCUT2D eigenvalue weighted by atomic mass is 10.2. The molecule has 1 atom stereocenters. The highest BCUT2D eigenvalue weighted by atomic mass is 127. The Morgan fingerprint density at radius 1 is 1.48 bits per heavy atom. The van der Waals surface area contributed by atoms with E-state index in [2.05, 4.69) is 15.2 Å².